The van der Waals surface area contributed by atoms with E-state index in [1.807, 2.05) is 62.4 Å². The van der Waals surface area contributed by atoms with Crippen molar-refractivity contribution < 1.29 is 9.53 Å². The van der Waals surface area contributed by atoms with Crippen LogP contribution in [0.15, 0.2) is 59.8 Å². The molecule has 0 bridgehead atoms. The lowest BCUT2D eigenvalue weighted by Crippen LogP contribution is -2.27. The van der Waals surface area contributed by atoms with Crippen molar-refractivity contribution in [3.63, 3.8) is 0 Å². The molecular formula is C21H21N3O2. The van der Waals surface area contributed by atoms with Crippen LogP contribution >= 0.6 is 0 Å². The topological polar surface area (TPSA) is 56.1 Å². The number of anilines is 1. The van der Waals surface area contributed by atoms with Crippen LogP contribution < -0.4 is 10.1 Å². The van der Waals surface area contributed by atoms with Gasteiger partial charge in [0.05, 0.1) is 23.7 Å². The number of nitrogens with zero attached hydrogens (tertiary/aromatic N) is 2. The molecule has 5 heteroatoms. The number of carbonyl (C=O) groups is 1. The highest BCUT2D eigenvalue weighted by molar-refractivity contribution is 5.97. The second-order valence-corrected chi connectivity index (χ2v) is 6.42. The number of rotatable bonds is 4. The van der Waals surface area contributed by atoms with Gasteiger partial charge in [0.2, 0.25) is 5.95 Å². The van der Waals surface area contributed by atoms with Crippen molar-refractivity contribution in [2.24, 2.45) is 0 Å². The second-order valence-electron chi connectivity index (χ2n) is 6.42. The summed E-state index contributed by atoms with van der Waals surface area (Å²) in [7, 11) is 0. The highest BCUT2D eigenvalue weighted by Crippen LogP contribution is 2.40. The number of ketones is 1. The van der Waals surface area contributed by atoms with Crippen molar-refractivity contribution in [2.75, 3.05) is 11.9 Å². The lowest BCUT2D eigenvalue weighted by molar-refractivity contribution is -0.114. The molecule has 0 amide bonds. The first kappa shape index (κ1) is 16.4. The van der Waals surface area contributed by atoms with Crippen LogP contribution in [0.1, 0.15) is 32.4 Å². The van der Waals surface area contributed by atoms with E-state index in [4.69, 9.17) is 9.72 Å². The number of nitrogens with one attached hydrogen (secondary N) is 1. The van der Waals surface area contributed by atoms with Gasteiger partial charge < -0.3 is 10.1 Å². The fourth-order valence-electron chi connectivity index (χ4n) is 3.68. The van der Waals surface area contributed by atoms with Crippen molar-refractivity contribution in [2.45, 2.75) is 26.8 Å². The van der Waals surface area contributed by atoms with Crippen molar-refractivity contribution in [1.29, 1.82) is 0 Å². The largest absolute Gasteiger partial charge is 0.494 e. The van der Waals surface area contributed by atoms with E-state index in [1.54, 1.807) is 6.92 Å². The number of para-hydroxylation sites is 2. The Labute approximate surface area is 152 Å². The number of allylic oxidation sites excluding steroid dienone is 2. The normalized spacial score (nSPS) is 16.3. The molecule has 3 aromatic rings. The van der Waals surface area contributed by atoms with Crippen LogP contribution in [0, 0.1) is 0 Å². The minimum Gasteiger partial charge on any atom is -0.494 e. The number of carbonyl (C=O) groups excluding carboxylic acids is 1. The van der Waals surface area contributed by atoms with Gasteiger partial charge in [0.1, 0.15) is 5.75 Å². The van der Waals surface area contributed by atoms with Gasteiger partial charge in [-0.2, -0.15) is 0 Å². The molecule has 132 valence electrons. The molecule has 4 rings (SSSR count). The summed E-state index contributed by atoms with van der Waals surface area (Å²) in [6, 6.07) is 15.7. The molecule has 26 heavy (non-hydrogen) atoms. The molecule has 5 nitrogen and oxygen atoms in total. The van der Waals surface area contributed by atoms with Gasteiger partial charge in [-0.15, -0.1) is 0 Å². The summed E-state index contributed by atoms with van der Waals surface area (Å²) >= 11 is 0. The van der Waals surface area contributed by atoms with Gasteiger partial charge in [0, 0.05) is 11.3 Å². The average Bonchev–Trinajstić information content (AvgIpc) is 2.98. The third kappa shape index (κ3) is 2.56. The Kier molecular flexibility index (Phi) is 3.99. The van der Waals surface area contributed by atoms with Crippen LogP contribution in [-0.4, -0.2) is 21.9 Å². The Bertz CT molecular complexity index is 1030. The van der Waals surface area contributed by atoms with Gasteiger partial charge >= 0.3 is 0 Å². The van der Waals surface area contributed by atoms with Crippen LogP contribution in [-0.2, 0) is 4.79 Å². The quantitative estimate of drug-likeness (QED) is 0.764. The van der Waals surface area contributed by atoms with Crippen molar-refractivity contribution in [1.82, 2.24) is 9.55 Å². The molecule has 2 heterocycles. The summed E-state index contributed by atoms with van der Waals surface area (Å²) in [5, 5.41) is 3.30. The summed E-state index contributed by atoms with van der Waals surface area (Å²) in [4.78, 5) is 17.2. The van der Waals surface area contributed by atoms with E-state index < -0.39 is 0 Å². The summed E-state index contributed by atoms with van der Waals surface area (Å²) < 4.78 is 7.78. The van der Waals surface area contributed by atoms with Crippen LogP contribution in [0.4, 0.5) is 5.95 Å². The van der Waals surface area contributed by atoms with Gasteiger partial charge in [-0.05, 0) is 50.6 Å². The first-order valence-corrected chi connectivity index (χ1v) is 8.78. The van der Waals surface area contributed by atoms with Crippen LogP contribution in [0.2, 0.25) is 0 Å². The second kappa shape index (κ2) is 6.33. The Hall–Kier alpha value is -3.08. The molecule has 0 radical (unpaired) electrons. The lowest BCUT2D eigenvalue weighted by Gasteiger charge is -2.30. The first-order valence-electron chi connectivity index (χ1n) is 8.78. The minimum atomic E-state index is -0.239. The molecule has 1 atom stereocenters. The smallest absolute Gasteiger partial charge is 0.209 e. The van der Waals surface area contributed by atoms with Gasteiger partial charge in [-0.1, -0.05) is 24.3 Å². The Balaban J connectivity index is 1.98. The Morgan fingerprint density at radius 1 is 1.23 bits per heavy atom. The highest BCUT2D eigenvalue weighted by atomic mass is 16.5. The number of Topliss-reactive ketones (excluding diaryl/α,β-unsaturated/α-hetero) is 1. The van der Waals surface area contributed by atoms with Crippen LogP contribution in [0.5, 0.6) is 5.75 Å². The van der Waals surface area contributed by atoms with Crippen molar-refractivity contribution in [3.8, 4) is 5.75 Å². The predicted octanol–water partition coefficient (Wildman–Crippen LogP) is 4.31. The van der Waals surface area contributed by atoms with Gasteiger partial charge in [-0.25, -0.2) is 4.98 Å². The molecule has 0 spiro atoms. The molecule has 1 aromatic heterocycles. The predicted molar refractivity (Wildman–Crippen MR) is 102 cm³/mol. The maximum absolute atomic E-state index is 12.5. The number of ether oxygens (including phenoxy) is 1. The number of hydrogen-bond donors (Lipinski definition) is 1. The van der Waals surface area contributed by atoms with E-state index in [0.717, 1.165) is 39.6 Å². The number of hydrogen-bond acceptors (Lipinski definition) is 4. The van der Waals surface area contributed by atoms with E-state index in [1.165, 1.54) is 0 Å². The fourth-order valence-corrected chi connectivity index (χ4v) is 3.68. The standard InChI is InChI=1S/C21H21N3O2/c1-4-26-16-9-7-8-15(12-16)20-19(14(3)25)13(2)22-21-23-17-10-5-6-11-18(17)24(20)21/h5-12,20H,4H2,1-3H3,(H,22,23). The zero-order valence-electron chi connectivity index (χ0n) is 15.1. The monoisotopic (exact) mass is 347 g/mol. The molecule has 1 aliphatic rings. The molecule has 0 saturated carbocycles. The fraction of sp³-hybridized carbons (Fsp3) is 0.238. The van der Waals surface area contributed by atoms with E-state index in [-0.39, 0.29) is 11.8 Å². The SMILES string of the molecule is CCOc1cccc(C2C(C(C)=O)=C(C)Nc3nc4ccccc4n32)c1. The average molecular weight is 347 g/mol. The van der Waals surface area contributed by atoms with Crippen LogP contribution in [0.25, 0.3) is 11.0 Å². The summed E-state index contributed by atoms with van der Waals surface area (Å²) in [5.74, 6) is 1.60. The maximum atomic E-state index is 12.5. The molecule has 1 N–H and O–H groups in total. The first-order chi connectivity index (χ1) is 12.6. The van der Waals surface area contributed by atoms with E-state index in [0.29, 0.717) is 6.61 Å². The molecule has 1 unspecified atom stereocenters. The maximum Gasteiger partial charge on any atom is 0.209 e. The molecular weight excluding hydrogens is 326 g/mol. The van der Waals surface area contributed by atoms with Crippen LogP contribution in [0.3, 0.4) is 0 Å². The van der Waals surface area contributed by atoms with Gasteiger partial charge in [0.25, 0.3) is 0 Å². The molecule has 0 saturated heterocycles. The third-order valence-electron chi connectivity index (χ3n) is 4.69. The highest BCUT2D eigenvalue weighted by Gasteiger charge is 2.32. The number of imidazole rings is 1. The third-order valence-corrected chi connectivity index (χ3v) is 4.69. The van der Waals surface area contributed by atoms with Crippen molar-refractivity contribution >= 4 is 22.8 Å². The minimum absolute atomic E-state index is 0.0465. The zero-order valence-corrected chi connectivity index (χ0v) is 15.1. The molecule has 1 aliphatic heterocycles. The summed E-state index contributed by atoms with van der Waals surface area (Å²) in [6.07, 6.45) is 0. The molecule has 2 aromatic carbocycles. The summed E-state index contributed by atoms with van der Waals surface area (Å²) in [6.45, 7) is 6.11. The van der Waals surface area contributed by atoms with Crippen molar-refractivity contribution in [3.05, 3.63) is 65.4 Å². The summed E-state index contributed by atoms with van der Waals surface area (Å²) in [5.41, 5.74) is 4.49. The number of benzene rings is 2. The molecule has 0 aliphatic carbocycles. The van der Waals surface area contributed by atoms with Gasteiger partial charge in [0.15, 0.2) is 5.78 Å². The van der Waals surface area contributed by atoms with Gasteiger partial charge in [-0.3, -0.25) is 9.36 Å². The van der Waals surface area contributed by atoms with E-state index in [9.17, 15) is 4.79 Å². The van der Waals surface area contributed by atoms with E-state index >= 15 is 0 Å². The number of aromatic nitrogens is 2. The molecule has 0 fully saturated rings. The Morgan fingerprint density at radius 3 is 2.81 bits per heavy atom. The zero-order chi connectivity index (χ0) is 18.3. The number of fused-ring (bicyclic) bond motifs is 3. The van der Waals surface area contributed by atoms with E-state index in [2.05, 4.69) is 9.88 Å². The Morgan fingerprint density at radius 2 is 2.04 bits per heavy atom. The lowest BCUT2D eigenvalue weighted by atomic mass is 9.92.